The van der Waals surface area contributed by atoms with Gasteiger partial charge in [-0.2, -0.15) is 0 Å². The summed E-state index contributed by atoms with van der Waals surface area (Å²) in [6.07, 6.45) is 3.17. The van der Waals surface area contributed by atoms with Gasteiger partial charge in [0.25, 0.3) is 0 Å². The molecule has 6 heteroatoms. The largest absolute Gasteiger partial charge is 0.371 e. The molecule has 2 aliphatic rings. The molecule has 0 aliphatic carbocycles. The van der Waals surface area contributed by atoms with Gasteiger partial charge in [-0.05, 0) is 18.8 Å². The summed E-state index contributed by atoms with van der Waals surface area (Å²) in [7, 11) is 3.45. The maximum atomic E-state index is 12.1. The molecule has 0 aromatic rings. The molecule has 2 fully saturated rings. The van der Waals surface area contributed by atoms with E-state index in [9.17, 15) is 9.59 Å². The summed E-state index contributed by atoms with van der Waals surface area (Å²) in [5.41, 5.74) is -0.252. The number of amides is 2. The van der Waals surface area contributed by atoms with Gasteiger partial charge in [-0.25, -0.2) is 0 Å². The predicted octanol–water partition coefficient (Wildman–Crippen LogP) is 1.29. The second-order valence-electron chi connectivity index (χ2n) is 7.43. The van der Waals surface area contributed by atoms with Crippen molar-refractivity contribution in [3.63, 3.8) is 0 Å². The fourth-order valence-corrected chi connectivity index (χ4v) is 3.06. The first kappa shape index (κ1) is 18.2. The maximum Gasteiger partial charge on any atom is 0.248 e. The first-order valence-electron chi connectivity index (χ1n) is 8.55. The highest BCUT2D eigenvalue weighted by Crippen LogP contribution is 2.35. The van der Waals surface area contributed by atoms with Gasteiger partial charge in [0, 0.05) is 33.5 Å². The van der Waals surface area contributed by atoms with Crippen LogP contribution in [0.1, 0.15) is 39.5 Å². The van der Waals surface area contributed by atoms with Crippen LogP contribution in [0.4, 0.5) is 0 Å². The van der Waals surface area contributed by atoms with E-state index in [4.69, 9.17) is 9.47 Å². The van der Waals surface area contributed by atoms with Crippen molar-refractivity contribution >= 4 is 11.8 Å². The van der Waals surface area contributed by atoms with Crippen LogP contribution in [0.5, 0.6) is 0 Å². The van der Waals surface area contributed by atoms with Gasteiger partial charge in [0.1, 0.15) is 12.2 Å². The monoisotopic (exact) mass is 326 g/mol. The number of nitrogens with zero attached hydrogens (tertiary/aromatic N) is 2. The molecule has 0 N–H and O–H groups in total. The molecule has 1 spiro atoms. The van der Waals surface area contributed by atoms with Gasteiger partial charge in [0.05, 0.1) is 19.2 Å². The number of hydrogen-bond acceptors (Lipinski definition) is 4. The topological polar surface area (TPSA) is 59.1 Å². The van der Waals surface area contributed by atoms with Crippen molar-refractivity contribution in [2.24, 2.45) is 5.92 Å². The molecule has 2 saturated heterocycles. The minimum atomic E-state index is -0.252. The van der Waals surface area contributed by atoms with Gasteiger partial charge in [-0.15, -0.1) is 0 Å². The third-order valence-electron chi connectivity index (χ3n) is 4.64. The molecule has 2 amide bonds. The molecule has 6 nitrogen and oxygen atoms in total. The summed E-state index contributed by atoms with van der Waals surface area (Å²) >= 11 is 0. The summed E-state index contributed by atoms with van der Waals surface area (Å²) in [6, 6.07) is 0. The molecule has 23 heavy (non-hydrogen) atoms. The van der Waals surface area contributed by atoms with Crippen molar-refractivity contribution in [1.29, 1.82) is 0 Å². The molecule has 132 valence electrons. The van der Waals surface area contributed by atoms with Crippen LogP contribution in [0, 0.1) is 5.92 Å². The third kappa shape index (κ3) is 4.91. The van der Waals surface area contributed by atoms with Crippen LogP contribution in [-0.4, -0.2) is 73.7 Å². The average molecular weight is 326 g/mol. The van der Waals surface area contributed by atoms with Crippen molar-refractivity contribution < 1.29 is 19.1 Å². The van der Waals surface area contributed by atoms with E-state index < -0.39 is 0 Å². The van der Waals surface area contributed by atoms with Crippen LogP contribution in [0.2, 0.25) is 0 Å². The summed E-state index contributed by atoms with van der Waals surface area (Å²) < 4.78 is 11.7. The average Bonchev–Trinajstić information content (AvgIpc) is 2.47. The van der Waals surface area contributed by atoms with Crippen LogP contribution in [0.25, 0.3) is 0 Å². The second kappa shape index (κ2) is 7.62. The molecule has 0 aromatic carbocycles. The van der Waals surface area contributed by atoms with Gasteiger partial charge >= 0.3 is 0 Å². The number of carbonyl (C=O) groups excluding carboxylic acids is 2. The molecule has 0 unspecified atom stereocenters. The van der Waals surface area contributed by atoms with E-state index in [-0.39, 0.29) is 30.1 Å². The molecule has 0 radical (unpaired) electrons. The molecule has 2 heterocycles. The summed E-state index contributed by atoms with van der Waals surface area (Å²) in [4.78, 5) is 27.2. The highest BCUT2D eigenvalue weighted by Gasteiger charge is 2.49. The molecule has 0 bridgehead atoms. The Hall–Kier alpha value is -1.14. The molecule has 1 atom stereocenters. The highest BCUT2D eigenvalue weighted by atomic mass is 16.5. The smallest absolute Gasteiger partial charge is 0.248 e. The Bertz CT molecular complexity index is 430. The number of carbonyl (C=O) groups is 2. The fraction of sp³-hybridized carbons (Fsp3) is 0.882. The van der Waals surface area contributed by atoms with Gasteiger partial charge in [0.15, 0.2) is 0 Å². The van der Waals surface area contributed by atoms with Crippen LogP contribution in [0.3, 0.4) is 0 Å². The van der Waals surface area contributed by atoms with E-state index in [1.807, 2.05) is 4.90 Å². The van der Waals surface area contributed by atoms with Gasteiger partial charge in [-0.1, -0.05) is 13.8 Å². The standard InChI is InChI=1S/C17H30N2O4/c1-13(2)5-6-15(20)19-11-17(12-19)9-14(7-8-23-17)22-10-16(21)18(3)4/h13-14H,5-12H2,1-4H3/t14-/m1/s1. The van der Waals surface area contributed by atoms with Gasteiger partial charge in [-0.3, -0.25) is 9.59 Å². The van der Waals surface area contributed by atoms with E-state index in [2.05, 4.69) is 13.8 Å². The second-order valence-corrected chi connectivity index (χ2v) is 7.43. The van der Waals surface area contributed by atoms with Crippen molar-refractivity contribution in [2.45, 2.75) is 51.2 Å². The maximum absolute atomic E-state index is 12.1. The number of likely N-dealkylation sites (tertiary alicyclic amines) is 1. The van der Waals surface area contributed by atoms with Crippen molar-refractivity contribution in [3.05, 3.63) is 0 Å². The lowest BCUT2D eigenvalue weighted by Crippen LogP contribution is -2.67. The first-order valence-corrected chi connectivity index (χ1v) is 8.55. The van der Waals surface area contributed by atoms with E-state index >= 15 is 0 Å². The van der Waals surface area contributed by atoms with E-state index in [0.29, 0.717) is 32.0 Å². The molecule has 2 aliphatic heterocycles. The fourth-order valence-electron chi connectivity index (χ4n) is 3.06. The Labute approximate surface area is 139 Å². The molecular formula is C17H30N2O4. The number of likely N-dealkylation sites (N-methyl/N-ethyl adjacent to an activating group) is 1. The van der Waals surface area contributed by atoms with Crippen molar-refractivity contribution in [2.75, 3.05) is 40.4 Å². The quantitative estimate of drug-likeness (QED) is 0.738. The summed E-state index contributed by atoms with van der Waals surface area (Å²) in [6.45, 7) is 6.33. The zero-order valence-corrected chi connectivity index (χ0v) is 14.8. The Balaban J connectivity index is 1.74. The van der Waals surface area contributed by atoms with Crippen LogP contribution >= 0.6 is 0 Å². The minimum Gasteiger partial charge on any atom is -0.371 e. The Morgan fingerprint density at radius 2 is 2.04 bits per heavy atom. The molecule has 2 rings (SSSR count). The van der Waals surface area contributed by atoms with E-state index in [1.54, 1.807) is 14.1 Å². The van der Waals surface area contributed by atoms with Crippen LogP contribution < -0.4 is 0 Å². The Kier molecular flexibility index (Phi) is 6.03. The molecule has 0 aromatic heterocycles. The lowest BCUT2D eigenvalue weighted by molar-refractivity contribution is -0.202. The number of ether oxygens (including phenoxy) is 2. The van der Waals surface area contributed by atoms with Gasteiger partial charge in [0.2, 0.25) is 11.8 Å². The van der Waals surface area contributed by atoms with Crippen LogP contribution in [0.15, 0.2) is 0 Å². The zero-order chi connectivity index (χ0) is 17.0. The molecular weight excluding hydrogens is 296 g/mol. The normalized spacial score (nSPS) is 23.0. The predicted molar refractivity (Wildman–Crippen MR) is 87.0 cm³/mol. The first-order chi connectivity index (χ1) is 10.8. The number of rotatable bonds is 6. The van der Waals surface area contributed by atoms with E-state index in [1.165, 1.54) is 4.90 Å². The SMILES string of the molecule is CC(C)CCC(=O)N1CC2(C[C@H](OCC(=O)N(C)C)CCO2)C1. The third-order valence-corrected chi connectivity index (χ3v) is 4.64. The summed E-state index contributed by atoms with van der Waals surface area (Å²) in [5.74, 6) is 0.746. The van der Waals surface area contributed by atoms with E-state index in [0.717, 1.165) is 19.3 Å². The van der Waals surface area contributed by atoms with Crippen LogP contribution in [-0.2, 0) is 19.1 Å². The Morgan fingerprint density at radius 1 is 1.35 bits per heavy atom. The highest BCUT2D eigenvalue weighted by molar-refractivity contribution is 5.77. The minimum absolute atomic E-state index is 0.0235. The lowest BCUT2D eigenvalue weighted by Gasteiger charge is -2.53. The summed E-state index contributed by atoms with van der Waals surface area (Å²) in [5, 5.41) is 0. The zero-order valence-electron chi connectivity index (χ0n) is 14.8. The van der Waals surface area contributed by atoms with Crippen molar-refractivity contribution in [1.82, 2.24) is 9.80 Å². The van der Waals surface area contributed by atoms with Crippen molar-refractivity contribution in [3.8, 4) is 0 Å². The lowest BCUT2D eigenvalue weighted by atomic mass is 9.84. The molecule has 0 saturated carbocycles. The van der Waals surface area contributed by atoms with Gasteiger partial charge < -0.3 is 19.3 Å². The number of hydrogen-bond donors (Lipinski definition) is 0. The Morgan fingerprint density at radius 3 is 2.65 bits per heavy atom.